The van der Waals surface area contributed by atoms with E-state index in [0.717, 1.165) is 51.4 Å². The van der Waals surface area contributed by atoms with Crippen molar-refractivity contribution in [3.8, 4) is 0 Å². The summed E-state index contributed by atoms with van der Waals surface area (Å²) in [6.07, 6.45) is 12.0. The Labute approximate surface area is 270 Å². The SMILES string of the molecule is CCC[C@H](NC(=O)C1[C@H]2CCC[C@H]2CN1C(=O)[C@@H](NC(=O)[C@@H](NC(=O)c1cnccn1)C1CCCCC1)C(C)(C)C)C(=O)C(N)=O. The number of nitrogens with one attached hydrogen (secondary N) is 3. The van der Waals surface area contributed by atoms with Crippen LogP contribution in [0.1, 0.15) is 102 Å². The van der Waals surface area contributed by atoms with E-state index in [1.165, 1.54) is 18.6 Å². The smallest absolute Gasteiger partial charge is 0.287 e. The van der Waals surface area contributed by atoms with E-state index >= 15 is 0 Å². The monoisotopic (exact) mass is 639 g/mol. The number of amides is 5. The summed E-state index contributed by atoms with van der Waals surface area (Å²) in [7, 11) is 0. The molecule has 6 atom stereocenters. The summed E-state index contributed by atoms with van der Waals surface area (Å²) in [5.74, 6) is -3.98. The van der Waals surface area contributed by atoms with Crippen LogP contribution in [0.25, 0.3) is 0 Å². The molecule has 1 aromatic rings. The molecule has 0 spiro atoms. The van der Waals surface area contributed by atoms with Crippen molar-refractivity contribution in [2.24, 2.45) is 28.9 Å². The van der Waals surface area contributed by atoms with Crippen LogP contribution in [0.15, 0.2) is 18.6 Å². The third-order valence-corrected chi connectivity index (χ3v) is 9.78. The Kier molecular flexibility index (Phi) is 11.5. The average Bonchev–Trinajstić information content (AvgIpc) is 3.63. The zero-order chi connectivity index (χ0) is 33.6. The zero-order valence-electron chi connectivity index (χ0n) is 27.4. The Morgan fingerprint density at radius 1 is 0.957 bits per heavy atom. The van der Waals surface area contributed by atoms with Gasteiger partial charge in [0, 0.05) is 18.9 Å². The van der Waals surface area contributed by atoms with E-state index in [1.807, 2.05) is 27.7 Å². The number of primary amides is 1. The van der Waals surface area contributed by atoms with Gasteiger partial charge < -0.3 is 26.6 Å². The number of Topliss-reactive ketones (excluding diaryl/α,β-unsaturated/α-hetero) is 1. The molecule has 13 heteroatoms. The maximum atomic E-state index is 14.5. The van der Waals surface area contributed by atoms with Crippen molar-refractivity contribution in [3.05, 3.63) is 24.3 Å². The number of fused-ring (bicyclic) bond motifs is 1. The van der Waals surface area contributed by atoms with E-state index in [-0.39, 0.29) is 29.9 Å². The molecule has 0 radical (unpaired) electrons. The van der Waals surface area contributed by atoms with Gasteiger partial charge in [-0.1, -0.05) is 59.8 Å². The third-order valence-electron chi connectivity index (χ3n) is 9.78. The molecule has 0 aromatic carbocycles. The van der Waals surface area contributed by atoms with E-state index in [0.29, 0.717) is 13.0 Å². The lowest BCUT2D eigenvalue weighted by molar-refractivity contribution is -0.146. The number of carbonyl (C=O) groups is 6. The molecule has 4 rings (SSSR count). The Morgan fingerprint density at radius 2 is 1.67 bits per heavy atom. The highest BCUT2D eigenvalue weighted by Gasteiger charge is 2.52. The lowest BCUT2D eigenvalue weighted by Crippen LogP contribution is -2.62. The van der Waals surface area contributed by atoms with Crippen LogP contribution in [0.4, 0.5) is 0 Å². The normalized spacial score (nSPS) is 23.5. The van der Waals surface area contributed by atoms with Crippen LogP contribution in [0, 0.1) is 23.2 Å². The number of carbonyl (C=O) groups excluding carboxylic acids is 6. The van der Waals surface area contributed by atoms with E-state index in [9.17, 15) is 28.8 Å². The van der Waals surface area contributed by atoms with Crippen molar-refractivity contribution in [2.75, 3.05) is 6.54 Å². The fourth-order valence-corrected chi connectivity index (χ4v) is 7.40. The van der Waals surface area contributed by atoms with E-state index in [4.69, 9.17) is 5.73 Å². The topological polar surface area (TPSA) is 194 Å². The Balaban J connectivity index is 1.58. The molecule has 46 heavy (non-hydrogen) atoms. The van der Waals surface area contributed by atoms with Gasteiger partial charge in [-0.3, -0.25) is 33.8 Å². The first kappa shape index (κ1) is 35.0. The molecule has 1 aromatic heterocycles. The predicted molar refractivity (Wildman–Crippen MR) is 169 cm³/mol. The maximum Gasteiger partial charge on any atom is 0.287 e. The van der Waals surface area contributed by atoms with Crippen molar-refractivity contribution >= 4 is 35.3 Å². The summed E-state index contributed by atoms with van der Waals surface area (Å²) in [6.45, 7) is 7.72. The minimum atomic E-state index is -1.12. The summed E-state index contributed by atoms with van der Waals surface area (Å²) in [6, 6.07) is -3.82. The number of nitrogens with zero attached hydrogens (tertiary/aromatic N) is 3. The molecule has 252 valence electrons. The van der Waals surface area contributed by atoms with Crippen LogP contribution in [0.2, 0.25) is 0 Å². The summed E-state index contributed by atoms with van der Waals surface area (Å²) >= 11 is 0. The predicted octanol–water partition coefficient (Wildman–Crippen LogP) is 1.65. The van der Waals surface area contributed by atoms with E-state index in [1.54, 1.807) is 4.90 Å². The van der Waals surface area contributed by atoms with Gasteiger partial charge in [0.15, 0.2) is 0 Å². The van der Waals surface area contributed by atoms with Crippen LogP contribution in [-0.4, -0.2) is 80.9 Å². The fourth-order valence-electron chi connectivity index (χ4n) is 7.40. The zero-order valence-corrected chi connectivity index (χ0v) is 27.4. The van der Waals surface area contributed by atoms with Gasteiger partial charge in [0.1, 0.15) is 23.8 Å². The first-order valence-corrected chi connectivity index (χ1v) is 16.6. The van der Waals surface area contributed by atoms with Gasteiger partial charge in [-0.15, -0.1) is 0 Å². The molecular formula is C33H49N7O6. The second-order valence-electron chi connectivity index (χ2n) is 14.1. The third kappa shape index (κ3) is 8.08. The van der Waals surface area contributed by atoms with Gasteiger partial charge in [0.05, 0.1) is 12.2 Å². The molecule has 1 aliphatic heterocycles. The molecule has 13 nitrogen and oxygen atoms in total. The molecule has 5 N–H and O–H groups in total. The molecule has 3 fully saturated rings. The van der Waals surface area contributed by atoms with Crippen molar-refractivity contribution < 1.29 is 28.8 Å². The van der Waals surface area contributed by atoms with Crippen LogP contribution in [-0.2, 0) is 24.0 Å². The Hall–Kier alpha value is -3.90. The fraction of sp³-hybridized carbons (Fsp3) is 0.697. The van der Waals surface area contributed by atoms with E-state index < -0.39 is 64.9 Å². The molecule has 5 amide bonds. The van der Waals surface area contributed by atoms with Gasteiger partial charge in [-0.05, 0) is 55.3 Å². The molecule has 2 aliphatic carbocycles. The molecule has 2 heterocycles. The van der Waals surface area contributed by atoms with Gasteiger partial charge in [-0.25, -0.2) is 4.98 Å². The molecule has 1 saturated heterocycles. The highest BCUT2D eigenvalue weighted by Crippen LogP contribution is 2.43. The van der Waals surface area contributed by atoms with Gasteiger partial charge in [0.2, 0.25) is 23.5 Å². The van der Waals surface area contributed by atoms with Crippen LogP contribution < -0.4 is 21.7 Å². The van der Waals surface area contributed by atoms with Crippen LogP contribution >= 0.6 is 0 Å². The van der Waals surface area contributed by atoms with Crippen molar-refractivity contribution in [1.29, 1.82) is 0 Å². The highest BCUT2D eigenvalue weighted by molar-refractivity contribution is 6.37. The average molecular weight is 640 g/mol. The Bertz CT molecular complexity index is 1290. The number of rotatable bonds is 12. The molecular weight excluding hydrogens is 590 g/mol. The highest BCUT2D eigenvalue weighted by atomic mass is 16.2. The second kappa shape index (κ2) is 15.1. The second-order valence-corrected chi connectivity index (χ2v) is 14.1. The van der Waals surface area contributed by atoms with Crippen LogP contribution in [0.5, 0.6) is 0 Å². The van der Waals surface area contributed by atoms with Gasteiger partial charge in [0.25, 0.3) is 11.8 Å². The number of aromatic nitrogens is 2. The summed E-state index contributed by atoms with van der Waals surface area (Å²) in [5.41, 5.74) is 4.60. The molecule has 2 saturated carbocycles. The summed E-state index contributed by atoms with van der Waals surface area (Å²) in [5, 5.41) is 8.57. The molecule has 0 bridgehead atoms. The van der Waals surface area contributed by atoms with Crippen molar-refractivity contribution in [3.63, 3.8) is 0 Å². The minimum Gasteiger partial charge on any atom is -0.363 e. The maximum absolute atomic E-state index is 14.5. The van der Waals surface area contributed by atoms with E-state index in [2.05, 4.69) is 25.9 Å². The lowest BCUT2D eigenvalue weighted by atomic mass is 9.82. The van der Waals surface area contributed by atoms with Crippen LogP contribution in [0.3, 0.4) is 0 Å². The quantitative estimate of drug-likeness (QED) is 0.248. The van der Waals surface area contributed by atoms with Crippen molar-refractivity contribution in [1.82, 2.24) is 30.8 Å². The largest absolute Gasteiger partial charge is 0.363 e. The van der Waals surface area contributed by atoms with Crippen molar-refractivity contribution in [2.45, 2.75) is 116 Å². The number of ketones is 1. The molecule has 1 unspecified atom stereocenters. The standard InChI is InChI=1S/C33H49N7O6/c1-5-10-22(26(41)28(34)42)37-31(45)25-21-14-9-13-20(21)18-40(25)32(46)27(33(2,3)4)39-30(44)24(19-11-7-6-8-12-19)38-29(43)23-17-35-15-16-36-23/h15-17,19-22,24-25,27H,5-14,18H2,1-4H3,(H2,34,42)(H,37,45)(H,38,43)(H,39,44)/t20-,21-,22-,24-,25?,27+/m0/s1. The van der Waals surface area contributed by atoms with Gasteiger partial charge >= 0.3 is 0 Å². The number of nitrogens with two attached hydrogens (primary N) is 1. The first-order valence-electron chi connectivity index (χ1n) is 16.6. The minimum absolute atomic E-state index is 0.0909. The number of hydrogen-bond donors (Lipinski definition) is 4. The first-order chi connectivity index (χ1) is 21.8. The number of hydrogen-bond acceptors (Lipinski definition) is 8. The van der Waals surface area contributed by atoms with Gasteiger partial charge in [-0.2, -0.15) is 0 Å². The molecule has 3 aliphatic rings. The summed E-state index contributed by atoms with van der Waals surface area (Å²) < 4.78 is 0. The number of likely N-dealkylation sites (tertiary alicyclic amines) is 1. The Morgan fingerprint density at radius 3 is 2.28 bits per heavy atom. The summed E-state index contributed by atoms with van der Waals surface area (Å²) in [4.78, 5) is 89.2. The lowest BCUT2D eigenvalue weighted by Gasteiger charge is -2.38.